The summed E-state index contributed by atoms with van der Waals surface area (Å²) in [6.45, 7) is 1.92. The zero-order chi connectivity index (χ0) is 12.4. The third-order valence-corrected chi connectivity index (χ3v) is 3.49. The Balaban J connectivity index is 2.50. The standard InChI is InChI=1S/C14H10INO/c1-9-6-10(2-3-12(9)8-16)11-4-5-14(17)13(15)7-11/h2-7,17H,1H3. The lowest BCUT2D eigenvalue weighted by Crippen LogP contribution is -1.85. The molecular formula is C14H10INO. The Bertz CT molecular complexity index is 614. The van der Waals surface area contributed by atoms with Gasteiger partial charge >= 0.3 is 0 Å². The molecule has 2 aromatic carbocycles. The molecule has 0 fully saturated rings. The minimum Gasteiger partial charge on any atom is -0.507 e. The third-order valence-electron chi connectivity index (χ3n) is 2.63. The number of phenols is 1. The highest BCUT2D eigenvalue weighted by Crippen LogP contribution is 2.28. The highest BCUT2D eigenvalue weighted by atomic mass is 127. The number of aryl methyl sites for hydroxylation is 1. The summed E-state index contributed by atoms with van der Waals surface area (Å²) < 4.78 is 0.821. The highest BCUT2D eigenvalue weighted by Gasteiger charge is 2.04. The van der Waals surface area contributed by atoms with E-state index in [1.54, 1.807) is 6.07 Å². The molecule has 0 aromatic heterocycles. The van der Waals surface area contributed by atoms with Crippen LogP contribution in [0.15, 0.2) is 36.4 Å². The van der Waals surface area contributed by atoms with Gasteiger partial charge in [0, 0.05) is 0 Å². The van der Waals surface area contributed by atoms with E-state index in [0.29, 0.717) is 11.3 Å². The monoisotopic (exact) mass is 335 g/mol. The quantitative estimate of drug-likeness (QED) is 0.805. The second-order valence-electron chi connectivity index (χ2n) is 3.81. The zero-order valence-electron chi connectivity index (χ0n) is 9.24. The number of benzene rings is 2. The first-order chi connectivity index (χ1) is 8.11. The number of aromatic hydroxyl groups is 1. The van der Waals surface area contributed by atoms with Crippen molar-refractivity contribution in [3.8, 4) is 22.9 Å². The number of nitrogens with zero attached hydrogens (tertiary/aromatic N) is 1. The fraction of sp³-hybridized carbons (Fsp3) is 0.0714. The summed E-state index contributed by atoms with van der Waals surface area (Å²) in [6.07, 6.45) is 0. The van der Waals surface area contributed by atoms with E-state index >= 15 is 0 Å². The maximum Gasteiger partial charge on any atom is 0.128 e. The van der Waals surface area contributed by atoms with E-state index in [1.165, 1.54) is 0 Å². The molecule has 84 valence electrons. The molecule has 2 rings (SSSR count). The molecule has 0 saturated carbocycles. The number of hydrogen-bond donors (Lipinski definition) is 1. The van der Waals surface area contributed by atoms with Crippen molar-refractivity contribution >= 4 is 22.6 Å². The SMILES string of the molecule is Cc1cc(-c2ccc(O)c(I)c2)ccc1C#N. The number of rotatable bonds is 1. The summed E-state index contributed by atoms with van der Waals surface area (Å²) >= 11 is 2.10. The summed E-state index contributed by atoms with van der Waals surface area (Å²) in [5, 5.41) is 18.4. The van der Waals surface area contributed by atoms with Crippen LogP contribution < -0.4 is 0 Å². The van der Waals surface area contributed by atoms with Crippen LogP contribution in [0.2, 0.25) is 0 Å². The highest BCUT2D eigenvalue weighted by molar-refractivity contribution is 14.1. The van der Waals surface area contributed by atoms with Crippen molar-refractivity contribution in [3.63, 3.8) is 0 Å². The number of halogens is 1. The van der Waals surface area contributed by atoms with Crippen molar-refractivity contribution in [2.45, 2.75) is 6.92 Å². The van der Waals surface area contributed by atoms with E-state index in [0.717, 1.165) is 20.3 Å². The molecular weight excluding hydrogens is 325 g/mol. The molecule has 1 N–H and O–H groups in total. The van der Waals surface area contributed by atoms with Crippen molar-refractivity contribution in [2.24, 2.45) is 0 Å². The molecule has 0 saturated heterocycles. The molecule has 0 bridgehead atoms. The van der Waals surface area contributed by atoms with Crippen molar-refractivity contribution in [2.75, 3.05) is 0 Å². The molecule has 0 aliphatic carbocycles. The van der Waals surface area contributed by atoms with Crippen molar-refractivity contribution in [3.05, 3.63) is 51.1 Å². The van der Waals surface area contributed by atoms with Crippen LogP contribution in [-0.2, 0) is 0 Å². The number of hydrogen-bond acceptors (Lipinski definition) is 2. The molecule has 0 atom stereocenters. The van der Waals surface area contributed by atoms with E-state index in [9.17, 15) is 5.11 Å². The maximum absolute atomic E-state index is 9.48. The first-order valence-electron chi connectivity index (χ1n) is 5.11. The maximum atomic E-state index is 9.48. The van der Waals surface area contributed by atoms with Gasteiger partial charge in [0.05, 0.1) is 15.2 Å². The number of phenolic OH excluding ortho intramolecular Hbond substituents is 1. The Hall–Kier alpha value is -1.54. The van der Waals surface area contributed by atoms with E-state index in [2.05, 4.69) is 28.7 Å². The summed E-state index contributed by atoms with van der Waals surface area (Å²) in [7, 11) is 0. The van der Waals surface area contributed by atoms with Crippen molar-refractivity contribution < 1.29 is 5.11 Å². The summed E-state index contributed by atoms with van der Waals surface area (Å²) in [5.74, 6) is 0.291. The molecule has 17 heavy (non-hydrogen) atoms. The Morgan fingerprint density at radius 2 is 1.76 bits per heavy atom. The predicted octanol–water partition coefficient (Wildman–Crippen LogP) is 3.84. The van der Waals surface area contributed by atoms with Crippen LogP contribution in [0, 0.1) is 21.8 Å². The number of nitriles is 1. The Labute approximate surface area is 114 Å². The van der Waals surface area contributed by atoms with Crippen LogP contribution in [-0.4, -0.2) is 5.11 Å². The van der Waals surface area contributed by atoms with Gasteiger partial charge < -0.3 is 5.11 Å². The summed E-state index contributed by atoms with van der Waals surface area (Å²) in [4.78, 5) is 0. The van der Waals surface area contributed by atoms with E-state index < -0.39 is 0 Å². The zero-order valence-corrected chi connectivity index (χ0v) is 11.4. The Kier molecular flexibility index (Phi) is 3.34. The lowest BCUT2D eigenvalue weighted by Gasteiger charge is -2.06. The molecule has 0 amide bonds. The van der Waals surface area contributed by atoms with Crippen LogP contribution in [0.4, 0.5) is 0 Å². The smallest absolute Gasteiger partial charge is 0.128 e. The Morgan fingerprint density at radius 1 is 1.12 bits per heavy atom. The molecule has 2 nitrogen and oxygen atoms in total. The topological polar surface area (TPSA) is 44.0 Å². The second-order valence-corrected chi connectivity index (χ2v) is 4.97. The minimum atomic E-state index is 0.291. The van der Waals surface area contributed by atoms with Gasteiger partial charge in [0.1, 0.15) is 5.75 Å². The van der Waals surface area contributed by atoms with Crippen molar-refractivity contribution in [1.29, 1.82) is 5.26 Å². The average Bonchev–Trinajstić information content (AvgIpc) is 2.32. The molecule has 0 radical (unpaired) electrons. The van der Waals surface area contributed by atoms with Crippen molar-refractivity contribution in [1.82, 2.24) is 0 Å². The lowest BCUT2D eigenvalue weighted by atomic mass is 10.0. The molecule has 0 spiro atoms. The third kappa shape index (κ3) is 2.42. The van der Waals surface area contributed by atoms with Gasteiger partial charge in [-0.2, -0.15) is 5.26 Å². The van der Waals surface area contributed by atoms with Gasteiger partial charge in [0.2, 0.25) is 0 Å². The molecule has 0 heterocycles. The second kappa shape index (κ2) is 4.76. The molecule has 0 aliphatic rings. The van der Waals surface area contributed by atoms with E-state index in [4.69, 9.17) is 5.26 Å². The van der Waals surface area contributed by atoms with Gasteiger partial charge in [-0.3, -0.25) is 0 Å². The fourth-order valence-electron chi connectivity index (χ4n) is 1.66. The summed E-state index contributed by atoms with van der Waals surface area (Å²) in [5.41, 5.74) is 3.76. The predicted molar refractivity (Wildman–Crippen MR) is 75.7 cm³/mol. The van der Waals surface area contributed by atoms with Crippen LogP contribution in [0.5, 0.6) is 5.75 Å². The summed E-state index contributed by atoms with van der Waals surface area (Å²) in [6, 6.07) is 13.4. The van der Waals surface area contributed by atoms with Gasteiger partial charge in [-0.15, -0.1) is 0 Å². The molecule has 0 aliphatic heterocycles. The average molecular weight is 335 g/mol. The van der Waals surface area contributed by atoms with E-state index in [-0.39, 0.29) is 0 Å². The van der Waals surface area contributed by atoms with Gasteiger partial charge in [-0.05, 0) is 64.4 Å². The van der Waals surface area contributed by atoms with E-state index in [1.807, 2.05) is 37.3 Å². The van der Waals surface area contributed by atoms with Crippen LogP contribution >= 0.6 is 22.6 Å². The van der Waals surface area contributed by atoms with Gasteiger partial charge in [-0.25, -0.2) is 0 Å². The minimum absolute atomic E-state index is 0.291. The molecule has 2 aromatic rings. The van der Waals surface area contributed by atoms with Crippen LogP contribution in [0.25, 0.3) is 11.1 Å². The fourth-order valence-corrected chi connectivity index (χ4v) is 2.17. The van der Waals surface area contributed by atoms with Gasteiger partial charge in [0.15, 0.2) is 0 Å². The normalized spacial score (nSPS) is 9.94. The first kappa shape index (κ1) is 11.9. The van der Waals surface area contributed by atoms with Gasteiger partial charge in [-0.1, -0.05) is 18.2 Å². The van der Waals surface area contributed by atoms with Crippen LogP contribution in [0.1, 0.15) is 11.1 Å². The first-order valence-corrected chi connectivity index (χ1v) is 6.19. The lowest BCUT2D eigenvalue weighted by molar-refractivity contribution is 0.471. The largest absolute Gasteiger partial charge is 0.507 e. The van der Waals surface area contributed by atoms with Gasteiger partial charge in [0.25, 0.3) is 0 Å². The Morgan fingerprint density at radius 3 is 2.35 bits per heavy atom. The molecule has 0 unspecified atom stereocenters. The molecule has 3 heteroatoms. The van der Waals surface area contributed by atoms with Crippen LogP contribution in [0.3, 0.4) is 0 Å².